The van der Waals surface area contributed by atoms with Crippen LogP contribution in [0.4, 0.5) is 5.82 Å². The molecule has 1 aliphatic rings. The van der Waals surface area contributed by atoms with E-state index < -0.39 is 0 Å². The molecular weight excluding hydrogens is 262 g/mol. The van der Waals surface area contributed by atoms with Gasteiger partial charge in [-0.1, -0.05) is 24.3 Å². The van der Waals surface area contributed by atoms with Crippen molar-refractivity contribution in [3.8, 4) is 5.88 Å². The number of aryl methyl sites for hydroxylation is 1. The van der Waals surface area contributed by atoms with Crippen molar-refractivity contribution in [2.45, 2.75) is 39.2 Å². The Morgan fingerprint density at radius 1 is 1.24 bits per heavy atom. The summed E-state index contributed by atoms with van der Waals surface area (Å²) in [5.41, 5.74) is 3.90. The van der Waals surface area contributed by atoms with Crippen molar-refractivity contribution < 1.29 is 4.74 Å². The van der Waals surface area contributed by atoms with Crippen LogP contribution in [0.5, 0.6) is 5.88 Å². The Bertz CT molecular complexity index is 627. The summed E-state index contributed by atoms with van der Waals surface area (Å²) in [4.78, 5) is 8.55. The van der Waals surface area contributed by atoms with Crippen molar-refractivity contribution in [3.63, 3.8) is 0 Å². The quantitative estimate of drug-likeness (QED) is 0.936. The molecule has 1 atom stereocenters. The van der Waals surface area contributed by atoms with Crippen LogP contribution in [0, 0.1) is 6.92 Å². The van der Waals surface area contributed by atoms with E-state index in [1.54, 1.807) is 6.33 Å². The molecule has 0 aliphatic heterocycles. The standard InChI is InChI=1S/C17H21N3O/c1-3-21-17-12(2)16(18-11-19-17)20-15-9-8-13-6-4-5-7-14(13)10-15/h4-7,11,15H,3,8-10H2,1-2H3,(H,18,19,20). The minimum Gasteiger partial charge on any atom is -0.478 e. The molecule has 0 amide bonds. The summed E-state index contributed by atoms with van der Waals surface area (Å²) >= 11 is 0. The van der Waals surface area contributed by atoms with Gasteiger partial charge in [-0.05, 0) is 44.2 Å². The normalized spacial score (nSPS) is 17.1. The summed E-state index contributed by atoms with van der Waals surface area (Å²) in [6, 6.07) is 9.11. The van der Waals surface area contributed by atoms with Gasteiger partial charge in [-0.2, -0.15) is 0 Å². The van der Waals surface area contributed by atoms with Crippen LogP contribution in [-0.2, 0) is 12.8 Å². The molecule has 0 radical (unpaired) electrons. The number of rotatable bonds is 4. The van der Waals surface area contributed by atoms with Crippen LogP contribution in [-0.4, -0.2) is 22.6 Å². The minimum atomic E-state index is 0.419. The maximum absolute atomic E-state index is 5.53. The molecule has 0 saturated carbocycles. The molecule has 3 rings (SSSR count). The molecule has 4 heteroatoms. The Kier molecular flexibility index (Phi) is 4.04. The summed E-state index contributed by atoms with van der Waals surface area (Å²) < 4.78 is 5.53. The number of nitrogens with zero attached hydrogens (tertiary/aromatic N) is 2. The number of hydrogen-bond acceptors (Lipinski definition) is 4. The van der Waals surface area contributed by atoms with Gasteiger partial charge in [0.05, 0.1) is 12.2 Å². The Labute approximate surface area is 125 Å². The Hall–Kier alpha value is -2.10. The topological polar surface area (TPSA) is 47.0 Å². The van der Waals surface area contributed by atoms with Crippen LogP contribution in [0.1, 0.15) is 30.0 Å². The summed E-state index contributed by atoms with van der Waals surface area (Å²) in [6.45, 7) is 4.59. The van der Waals surface area contributed by atoms with E-state index in [-0.39, 0.29) is 0 Å². The van der Waals surface area contributed by atoms with E-state index in [0.29, 0.717) is 18.5 Å². The first kappa shape index (κ1) is 13.9. The van der Waals surface area contributed by atoms with Crippen molar-refractivity contribution in [1.82, 2.24) is 9.97 Å². The lowest BCUT2D eigenvalue weighted by molar-refractivity contribution is 0.323. The fraction of sp³-hybridized carbons (Fsp3) is 0.412. The van der Waals surface area contributed by atoms with Gasteiger partial charge in [-0.3, -0.25) is 0 Å². The van der Waals surface area contributed by atoms with Crippen LogP contribution in [0.3, 0.4) is 0 Å². The van der Waals surface area contributed by atoms with Crippen molar-refractivity contribution >= 4 is 5.82 Å². The SMILES string of the molecule is CCOc1ncnc(NC2CCc3ccccc3C2)c1C. The highest BCUT2D eigenvalue weighted by molar-refractivity contribution is 5.49. The Morgan fingerprint density at radius 3 is 2.86 bits per heavy atom. The molecule has 21 heavy (non-hydrogen) atoms. The van der Waals surface area contributed by atoms with Crippen LogP contribution in [0.15, 0.2) is 30.6 Å². The lowest BCUT2D eigenvalue weighted by Gasteiger charge is -2.26. The molecule has 1 aromatic carbocycles. The maximum atomic E-state index is 5.53. The van der Waals surface area contributed by atoms with E-state index in [1.165, 1.54) is 11.1 Å². The molecular formula is C17H21N3O. The zero-order chi connectivity index (χ0) is 14.7. The van der Waals surface area contributed by atoms with Gasteiger partial charge in [0.2, 0.25) is 5.88 Å². The first-order valence-electron chi connectivity index (χ1n) is 7.55. The number of fused-ring (bicyclic) bond motifs is 1. The van der Waals surface area contributed by atoms with E-state index in [9.17, 15) is 0 Å². The van der Waals surface area contributed by atoms with Crippen LogP contribution < -0.4 is 10.1 Å². The highest BCUT2D eigenvalue weighted by Crippen LogP contribution is 2.26. The second-order valence-corrected chi connectivity index (χ2v) is 5.44. The predicted molar refractivity (Wildman–Crippen MR) is 83.8 cm³/mol. The molecule has 1 heterocycles. The third kappa shape index (κ3) is 2.99. The van der Waals surface area contributed by atoms with Crippen molar-refractivity contribution in [1.29, 1.82) is 0 Å². The number of hydrogen-bond donors (Lipinski definition) is 1. The summed E-state index contributed by atoms with van der Waals surface area (Å²) in [5, 5.41) is 3.56. The van der Waals surface area contributed by atoms with E-state index in [0.717, 1.165) is 30.6 Å². The largest absolute Gasteiger partial charge is 0.478 e. The maximum Gasteiger partial charge on any atom is 0.221 e. The van der Waals surface area contributed by atoms with Crippen molar-refractivity contribution in [2.75, 3.05) is 11.9 Å². The molecule has 0 fully saturated rings. The molecule has 1 aromatic heterocycles. The lowest BCUT2D eigenvalue weighted by Crippen LogP contribution is -2.28. The molecule has 1 N–H and O–H groups in total. The second kappa shape index (κ2) is 6.12. The van der Waals surface area contributed by atoms with Gasteiger partial charge in [0.15, 0.2) is 0 Å². The molecule has 0 saturated heterocycles. The number of anilines is 1. The lowest BCUT2D eigenvalue weighted by atomic mass is 9.88. The molecule has 0 bridgehead atoms. The van der Waals surface area contributed by atoms with Crippen molar-refractivity contribution in [3.05, 3.63) is 47.3 Å². The average Bonchev–Trinajstić information content (AvgIpc) is 2.51. The first-order chi connectivity index (χ1) is 10.3. The van der Waals surface area contributed by atoms with Gasteiger partial charge in [-0.15, -0.1) is 0 Å². The first-order valence-corrected chi connectivity index (χ1v) is 7.55. The fourth-order valence-electron chi connectivity index (χ4n) is 2.88. The van der Waals surface area contributed by atoms with Crippen molar-refractivity contribution in [2.24, 2.45) is 0 Å². The number of nitrogens with one attached hydrogen (secondary N) is 1. The van der Waals surface area contributed by atoms with E-state index in [4.69, 9.17) is 4.74 Å². The van der Waals surface area contributed by atoms with Gasteiger partial charge in [0, 0.05) is 6.04 Å². The smallest absolute Gasteiger partial charge is 0.221 e. The zero-order valence-corrected chi connectivity index (χ0v) is 12.6. The fourth-order valence-corrected chi connectivity index (χ4v) is 2.88. The highest BCUT2D eigenvalue weighted by Gasteiger charge is 2.19. The van der Waals surface area contributed by atoms with Crippen LogP contribution >= 0.6 is 0 Å². The van der Waals surface area contributed by atoms with E-state index >= 15 is 0 Å². The van der Waals surface area contributed by atoms with Gasteiger partial charge < -0.3 is 10.1 Å². The molecule has 1 unspecified atom stereocenters. The molecule has 110 valence electrons. The molecule has 2 aromatic rings. The second-order valence-electron chi connectivity index (χ2n) is 5.44. The summed E-state index contributed by atoms with van der Waals surface area (Å²) in [7, 11) is 0. The zero-order valence-electron chi connectivity index (χ0n) is 12.6. The van der Waals surface area contributed by atoms with E-state index in [2.05, 4.69) is 39.6 Å². The number of benzene rings is 1. The summed E-state index contributed by atoms with van der Waals surface area (Å²) in [5.74, 6) is 1.56. The number of aromatic nitrogens is 2. The summed E-state index contributed by atoms with van der Waals surface area (Å²) in [6.07, 6.45) is 4.86. The average molecular weight is 283 g/mol. The molecule has 4 nitrogen and oxygen atoms in total. The number of ether oxygens (including phenoxy) is 1. The van der Waals surface area contributed by atoms with E-state index in [1.807, 2.05) is 13.8 Å². The minimum absolute atomic E-state index is 0.419. The third-order valence-corrected chi connectivity index (χ3v) is 4.01. The third-order valence-electron chi connectivity index (χ3n) is 4.01. The molecule has 1 aliphatic carbocycles. The monoisotopic (exact) mass is 283 g/mol. The molecule has 0 spiro atoms. The Morgan fingerprint density at radius 2 is 2.05 bits per heavy atom. The van der Waals surface area contributed by atoms with Gasteiger partial charge >= 0.3 is 0 Å². The van der Waals surface area contributed by atoms with Crippen LogP contribution in [0.25, 0.3) is 0 Å². The van der Waals surface area contributed by atoms with Gasteiger partial charge in [-0.25, -0.2) is 9.97 Å². The predicted octanol–water partition coefficient (Wildman–Crippen LogP) is 3.15. The highest BCUT2D eigenvalue weighted by atomic mass is 16.5. The Balaban J connectivity index is 1.75. The van der Waals surface area contributed by atoms with Gasteiger partial charge in [0.25, 0.3) is 0 Å². The van der Waals surface area contributed by atoms with Gasteiger partial charge in [0.1, 0.15) is 12.1 Å². The van der Waals surface area contributed by atoms with Crippen LogP contribution in [0.2, 0.25) is 0 Å².